The van der Waals surface area contributed by atoms with Crippen LogP contribution in [0.4, 0.5) is 5.69 Å². The van der Waals surface area contributed by atoms with Gasteiger partial charge in [-0.05, 0) is 25.0 Å². The van der Waals surface area contributed by atoms with E-state index >= 15 is 0 Å². The highest BCUT2D eigenvalue weighted by Crippen LogP contribution is 2.27. The van der Waals surface area contributed by atoms with Crippen LogP contribution in [0.3, 0.4) is 0 Å². The number of benzene rings is 1. The maximum atomic E-state index is 6.06. The summed E-state index contributed by atoms with van der Waals surface area (Å²) in [4.78, 5) is 0.894. The smallest absolute Gasteiger partial charge is 0.101 e. The Kier molecular flexibility index (Phi) is 3.91. The standard InChI is InChI=1S/C13H18N2S/c14-15(12-9-5-2-6-10-12)13(16)11-7-3-1-4-8-11/h2,5-6,9-11H,1,3-4,7-8,14H2. The second kappa shape index (κ2) is 5.41. The molecule has 1 aliphatic carbocycles. The number of thiocarbonyl (C=S) groups is 1. The van der Waals surface area contributed by atoms with Crippen LogP contribution in [-0.2, 0) is 0 Å². The second-order valence-electron chi connectivity index (χ2n) is 4.38. The Morgan fingerprint density at radius 3 is 2.38 bits per heavy atom. The Balaban J connectivity index is 2.04. The molecule has 1 aliphatic rings. The van der Waals surface area contributed by atoms with Crippen LogP contribution in [0, 0.1) is 5.92 Å². The van der Waals surface area contributed by atoms with Crippen LogP contribution in [0.15, 0.2) is 30.3 Å². The SMILES string of the molecule is NN(C(=S)C1CCCCC1)c1ccccc1. The van der Waals surface area contributed by atoms with E-state index in [0.29, 0.717) is 5.92 Å². The van der Waals surface area contributed by atoms with Gasteiger partial charge in [0.25, 0.3) is 0 Å². The number of para-hydroxylation sites is 1. The topological polar surface area (TPSA) is 29.3 Å². The fourth-order valence-corrected chi connectivity index (χ4v) is 2.60. The van der Waals surface area contributed by atoms with Crippen molar-refractivity contribution in [3.05, 3.63) is 30.3 Å². The van der Waals surface area contributed by atoms with Crippen molar-refractivity contribution in [1.29, 1.82) is 0 Å². The van der Waals surface area contributed by atoms with Crippen molar-refractivity contribution >= 4 is 22.9 Å². The lowest BCUT2D eigenvalue weighted by atomic mass is 9.89. The van der Waals surface area contributed by atoms with Gasteiger partial charge in [-0.3, -0.25) is 5.01 Å². The van der Waals surface area contributed by atoms with E-state index in [1.165, 1.54) is 32.1 Å². The van der Waals surface area contributed by atoms with Gasteiger partial charge in [-0.15, -0.1) is 0 Å². The molecule has 86 valence electrons. The minimum Gasteiger partial charge on any atom is -0.273 e. The third-order valence-corrected chi connectivity index (χ3v) is 3.76. The number of hydrazine groups is 1. The van der Waals surface area contributed by atoms with Gasteiger partial charge in [0.1, 0.15) is 4.99 Å². The number of nitrogens with two attached hydrogens (primary N) is 1. The van der Waals surface area contributed by atoms with Crippen LogP contribution >= 0.6 is 12.2 Å². The third-order valence-electron chi connectivity index (χ3n) is 3.23. The maximum Gasteiger partial charge on any atom is 0.101 e. The van der Waals surface area contributed by atoms with Crippen LogP contribution in [0.5, 0.6) is 0 Å². The van der Waals surface area contributed by atoms with Crippen molar-refractivity contribution in [3.63, 3.8) is 0 Å². The highest BCUT2D eigenvalue weighted by atomic mass is 32.1. The number of hydrogen-bond acceptors (Lipinski definition) is 2. The summed E-state index contributed by atoms with van der Waals surface area (Å²) in [6.07, 6.45) is 6.30. The zero-order valence-corrected chi connectivity index (χ0v) is 10.2. The average molecular weight is 234 g/mol. The molecule has 1 saturated carbocycles. The molecule has 0 atom stereocenters. The molecule has 1 fully saturated rings. The summed E-state index contributed by atoms with van der Waals surface area (Å²) < 4.78 is 0. The summed E-state index contributed by atoms with van der Waals surface area (Å²) in [6.45, 7) is 0. The quantitative estimate of drug-likeness (QED) is 0.484. The summed E-state index contributed by atoms with van der Waals surface area (Å²) >= 11 is 5.48. The van der Waals surface area contributed by atoms with E-state index in [1.54, 1.807) is 5.01 Å². The summed E-state index contributed by atoms with van der Waals surface area (Å²) in [6, 6.07) is 9.95. The van der Waals surface area contributed by atoms with E-state index in [9.17, 15) is 0 Å². The lowest BCUT2D eigenvalue weighted by molar-refractivity contribution is 0.439. The molecule has 0 radical (unpaired) electrons. The van der Waals surface area contributed by atoms with Gasteiger partial charge in [-0.2, -0.15) is 0 Å². The molecule has 2 nitrogen and oxygen atoms in total. The van der Waals surface area contributed by atoms with E-state index in [4.69, 9.17) is 18.1 Å². The first-order valence-corrected chi connectivity index (χ1v) is 6.33. The Morgan fingerprint density at radius 2 is 1.75 bits per heavy atom. The van der Waals surface area contributed by atoms with Gasteiger partial charge in [-0.1, -0.05) is 49.7 Å². The van der Waals surface area contributed by atoms with Gasteiger partial charge < -0.3 is 0 Å². The minimum absolute atomic E-state index is 0.494. The largest absolute Gasteiger partial charge is 0.273 e. The van der Waals surface area contributed by atoms with Gasteiger partial charge >= 0.3 is 0 Å². The fourth-order valence-electron chi connectivity index (χ4n) is 2.26. The molecule has 16 heavy (non-hydrogen) atoms. The summed E-state index contributed by atoms with van der Waals surface area (Å²) in [7, 11) is 0. The van der Waals surface area contributed by atoms with Crippen molar-refractivity contribution in [3.8, 4) is 0 Å². The van der Waals surface area contributed by atoms with Crippen molar-refractivity contribution in [2.75, 3.05) is 5.01 Å². The molecular formula is C13H18N2S. The van der Waals surface area contributed by atoms with Gasteiger partial charge in [0.15, 0.2) is 0 Å². The lowest BCUT2D eigenvalue weighted by Crippen LogP contribution is -2.41. The molecule has 0 heterocycles. The first kappa shape index (κ1) is 11.6. The molecule has 0 unspecified atom stereocenters. The molecule has 1 aromatic rings. The average Bonchev–Trinajstić information content (AvgIpc) is 2.39. The predicted octanol–water partition coefficient (Wildman–Crippen LogP) is 3.27. The van der Waals surface area contributed by atoms with Gasteiger partial charge in [0.2, 0.25) is 0 Å². The summed E-state index contributed by atoms with van der Waals surface area (Å²) in [5, 5.41) is 1.67. The first-order valence-electron chi connectivity index (χ1n) is 5.93. The third kappa shape index (κ3) is 2.60. The number of rotatable bonds is 2. The van der Waals surface area contributed by atoms with Crippen LogP contribution in [0.2, 0.25) is 0 Å². The Bertz CT molecular complexity index is 344. The predicted molar refractivity (Wildman–Crippen MR) is 72.3 cm³/mol. The lowest BCUT2D eigenvalue weighted by Gasteiger charge is -2.28. The monoisotopic (exact) mass is 234 g/mol. The van der Waals surface area contributed by atoms with E-state index < -0.39 is 0 Å². The molecular weight excluding hydrogens is 216 g/mol. The fraction of sp³-hybridized carbons (Fsp3) is 0.462. The molecule has 2 N–H and O–H groups in total. The maximum absolute atomic E-state index is 6.06. The van der Waals surface area contributed by atoms with E-state index in [2.05, 4.69) is 0 Å². The molecule has 2 rings (SSSR count). The minimum atomic E-state index is 0.494. The van der Waals surface area contributed by atoms with Crippen LogP contribution < -0.4 is 10.9 Å². The molecule has 0 saturated heterocycles. The molecule has 0 spiro atoms. The molecule has 3 heteroatoms. The van der Waals surface area contributed by atoms with Crippen LogP contribution in [0.1, 0.15) is 32.1 Å². The van der Waals surface area contributed by atoms with Gasteiger partial charge in [0, 0.05) is 5.92 Å². The van der Waals surface area contributed by atoms with Crippen molar-refractivity contribution < 1.29 is 0 Å². The molecule has 0 bridgehead atoms. The number of nitrogens with zero attached hydrogens (tertiary/aromatic N) is 1. The Hall–Kier alpha value is -0.930. The zero-order chi connectivity index (χ0) is 11.4. The van der Waals surface area contributed by atoms with Crippen LogP contribution in [0.25, 0.3) is 0 Å². The van der Waals surface area contributed by atoms with Crippen molar-refractivity contribution in [2.45, 2.75) is 32.1 Å². The number of anilines is 1. The van der Waals surface area contributed by atoms with Crippen LogP contribution in [-0.4, -0.2) is 4.99 Å². The van der Waals surface area contributed by atoms with Gasteiger partial charge in [0.05, 0.1) is 5.69 Å². The zero-order valence-electron chi connectivity index (χ0n) is 9.43. The van der Waals surface area contributed by atoms with E-state index in [-0.39, 0.29) is 0 Å². The summed E-state index contributed by atoms with van der Waals surface area (Å²) in [5.41, 5.74) is 0.984. The highest BCUT2D eigenvalue weighted by molar-refractivity contribution is 7.80. The molecule has 0 amide bonds. The second-order valence-corrected chi connectivity index (χ2v) is 4.80. The summed E-state index contributed by atoms with van der Waals surface area (Å²) in [5.74, 6) is 6.56. The normalized spacial score (nSPS) is 17.1. The van der Waals surface area contributed by atoms with Crippen molar-refractivity contribution in [2.24, 2.45) is 11.8 Å². The Morgan fingerprint density at radius 1 is 1.12 bits per heavy atom. The van der Waals surface area contributed by atoms with E-state index in [1.807, 2.05) is 30.3 Å². The van der Waals surface area contributed by atoms with Crippen molar-refractivity contribution in [1.82, 2.24) is 0 Å². The first-order chi connectivity index (χ1) is 7.79. The molecule has 0 aliphatic heterocycles. The van der Waals surface area contributed by atoms with Gasteiger partial charge in [-0.25, -0.2) is 5.84 Å². The molecule has 0 aromatic heterocycles. The highest BCUT2D eigenvalue weighted by Gasteiger charge is 2.21. The molecule has 1 aromatic carbocycles. The Labute approximate surface area is 102 Å². The number of hydrogen-bond donors (Lipinski definition) is 1. The van der Waals surface area contributed by atoms with E-state index in [0.717, 1.165) is 10.7 Å².